The highest BCUT2D eigenvalue weighted by Gasteiger charge is 2.61. The number of benzene rings is 5. The van der Waals surface area contributed by atoms with Crippen LogP contribution in [0.1, 0.15) is 71.4 Å². The molecule has 43 heavy (non-hydrogen) atoms. The Morgan fingerprint density at radius 1 is 0.721 bits per heavy atom. The molecule has 3 aliphatic heterocycles. The van der Waals surface area contributed by atoms with Gasteiger partial charge in [-0.05, 0) is 87.7 Å². The Bertz CT molecular complexity index is 2230. The zero-order chi connectivity index (χ0) is 29.0. The molecule has 2 unspecified atom stereocenters. The van der Waals surface area contributed by atoms with Gasteiger partial charge in [-0.1, -0.05) is 101 Å². The van der Waals surface area contributed by atoms with Crippen molar-refractivity contribution in [1.82, 2.24) is 4.57 Å². The average Bonchev–Trinajstić information content (AvgIpc) is 3.43. The Labute approximate surface area is 254 Å². The van der Waals surface area contributed by atoms with E-state index in [2.05, 4.69) is 129 Å². The molecule has 4 heterocycles. The fourth-order valence-electron chi connectivity index (χ4n) is 9.86. The van der Waals surface area contributed by atoms with Gasteiger partial charge in [0, 0.05) is 38.8 Å². The number of aromatic nitrogens is 1. The predicted octanol–water partition coefficient (Wildman–Crippen LogP) is 8.12. The Morgan fingerprint density at radius 3 is 2.26 bits per heavy atom. The van der Waals surface area contributed by atoms with Crippen molar-refractivity contribution >= 4 is 67.1 Å². The van der Waals surface area contributed by atoms with Crippen LogP contribution in [-0.4, -0.2) is 16.8 Å². The van der Waals surface area contributed by atoms with Gasteiger partial charge < -0.3 is 9.47 Å². The van der Waals surface area contributed by atoms with Gasteiger partial charge in [0.15, 0.2) is 0 Å². The molecule has 210 valence electrons. The van der Waals surface area contributed by atoms with E-state index in [4.69, 9.17) is 0 Å². The molecule has 0 radical (unpaired) electrons. The minimum atomic E-state index is 0.0308. The molecule has 4 aliphatic rings. The van der Waals surface area contributed by atoms with Crippen LogP contribution >= 0.6 is 0 Å². The van der Waals surface area contributed by atoms with E-state index >= 15 is 0 Å². The molecule has 2 atom stereocenters. The number of anilines is 2. The van der Waals surface area contributed by atoms with E-state index < -0.39 is 0 Å². The summed E-state index contributed by atoms with van der Waals surface area (Å²) in [6.45, 7) is 12.5. The van der Waals surface area contributed by atoms with Crippen LogP contribution in [0.5, 0.6) is 0 Å². The highest BCUT2D eigenvalue weighted by Crippen LogP contribution is 2.61. The Kier molecular flexibility index (Phi) is 4.30. The quantitative estimate of drug-likeness (QED) is 0.171. The van der Waals surface area contributed by atoms with E-state index in [0.717, 1.165) is 0 Å². The van der Waals surface area contributed by atoms with Crippen LogP contribution in [0.2, 0.25) is 0 Å². The maximum atomic E-state index is 2.85. The number of hydrogen-bond acceptors (Lipinski definition) is 1. The lowest BCUT2D eigenvalue weighted by molar-refractivity contribution is 0.195. The molecule has 1 aliphatic carbocycles. The number of fused-ring (bicyclic) bond motifs is 11. The van der Waals surface area contributed by atoms with Crippen LogP contribution in [0.4, 0.5) is 11.4 Å². The first-order chi connectivity index (χ1) is 20.7. The summed E-state index contributed by atoms with van der Waals surface area (Å²) >= 11 is 0. The third-order valence-electron chi connectivity index (χ3n) is 12.2. The monoisotopic (exact) mass is 556 g/mol. The van der Waals surface area contributed by atoms with Crippen LogP contribution in [0.15, 0.2) is 84.9 Å². The normalized spacial score (nSPS) is 23.2. The Morgan fingerprint density at radius 2 is 1.44 bits per heavy atom. The maximum absolute atomic E-state index is 2.85. The van der Waals surface area contributed by atoms with Gasteiger partial charge in [-0.3, -0.25) is 0 Å². The summed E-state index contributed by atoms with van der Waals surface area (Å²) in [5.74, 6) is 0. The highest BCUT2D eigenvalue weighted by molar-refractivity contribution is 7.00. The second kappa shape index (κ2) is 7.56. The van der Waals surface area contributed by atoms with Crippen LogP contribution in [-0.2, 0) is 10.8 Å². The number of rotatable bonds is 0. The molecule has 1 saturated carbocycles. The number of nitrogens with zero attached hydrogens (tertiary/aromatic N) is 2. The fraction of sp³-hybridized carbons (Fsp3) is 0.300. The lowest BCUT2D eigenvalue weighted by atomic mass is 9.33. The van der Waals surface area contributed by atoms with Gasteiger partial charge in [0.1, 0.15) is 0 Å². The number of para-hydroxylation sites is 2. The van der Waals surface area contributed by atoms with E-state index in [1.165, 1.54) is 97.3 Å². The van der Waals surface area contributed by atoms with Crippen LogP contribution in [0.3, 0.4) is 0 Å². The first-order valence-electron chi connectivity index (χ1n) is 16.3. The van der Waals surface area contributed by atoms with Crippen molar-refractivity contribution in [1.29, 1.82) is 0 Å². The molecule has 0 spiro atoms. The summed E-state index contributed by atoms with van der Waals surface area (Å²) in [6.07, 6.45) is 5.11. The molecular formula is C40H37BN2. The molecular weight excluding hydrogens is 519 g/mol. The zero-order valence-electron chi connectivity index (χ0n) is 25.9. The number of hydrogen-bond donors (Lipinski definition) is 0. The summed E-state index contributed by atoms with van der Waals surface area (Å²) in [7, 11) is 0. The van der Waals surface area contributed by atoms with Gasteiger partial charge in [-0.2, -0.15) is 0 Å². The molecule has 1 aromatic heterocycles. The summed E-state index contributed by atoms with van der Waals surface area (Å²) < 4.78 is 2.64. The van der Waals surface area contributed by atoms with E-state index in [9.17, 15) is 0 Å². The van der Waals surface area contributed by atoms with Crippen molar-refractivity contribution in [2.45, 2.75) is 76.7 Å². The molecule has 5 aromatic carbocycles. The third kappa shape index (κ3) is 2.71. The van der Waals surface area contributed by atoms with Crippen molar-refractivity contribution in [2.75, 3.05) is 4.90 Å². The second-order valence-electron chi connectivity index (χ2n) is 15.3. The Hall–Kier alpha value is -3.98. The summed E-state index contributed by atoms with van der Waals surface area (Å²) in [4.78, 5) is 2.85. The van der Waals surface area contributed by atoms with E-state index in [1.807, 2.05) is 0 Å². The fourth-order valence-corrected chi connectivity index (χ4v) is 9.86. The highest BCUT2D eigenvalue weighted by atomic mass is 15.3. The van der Waals surface area contributed by atoms with Gasteiger partial charge in [-0.15, -0.1) is 0 Å². The molecule has 0 saturated heterocycles. The largest absolute Gasteiger partial charge is 0.335 e. The van der Waals surface area contributed by atoms with Gasteiger partial charge >= 0.3 is 0 Å². The topological polar surface area (TPSA) is 8.17 Å². The van der Waals surface area contributed by atoms with Crippen LogP contribution in [0.25, 0.3) is 38.3 Å². The first kappa shape index (κ1) is 24.5. The van der Waals surface area contributed by atoms with Gasteiger partial charge in [0.05, 0.1) is 11.1 Å². The molecule has 10 rings (SSSR count). The summed E-state index contributed by atoms with van der Waals surface area (Å²) in [6, 6.07) is 33.2. The van der Waals surface area contributed by atoms with Crippen molar-refractivity contribution < 1.29 is 0 Å². The van der Waals surface area contributed by atoms with Crippen molar-refractivity contribution in [3.63, 3.8) is 0 Å². The molecule has 0 amide bonds. The smallest absolute Gasteiger partial charge is 0.252 e. The van der Waals surface area contributed by atoms with Crippen LogP contribution in [0, 0.1) is 0 Å². The molecule has 1 fully saturated rings. The van der Waals surface area contributed by atoms with Gasteiger partial charge in [0.2, 0.25) is 0 Å². The standard InChI is InChI=1S/C40H37BN2/c1-38(2,3)26-22-33-35-34(23-26)43-37-29(39(4)18-8-9-19-40(39,43)5)15-11-17-31(37)41(35)30-16-10-14-27-28-20-24-12-6-7-13-25(24)21-32(28)42(33)36(27)30/h6-7,10-17,20-23H,8-9,18-19H2,1-5H3. The molecule has 6 aromatic rings. The summed E-state index contributed by atoms with van der Waals surface area (Å²) in [5, 5.41) is 5.34. The first-order valence-corrected chi connectivity index (χ1v) is 16.3. The van der Waals surface area contributed by atoms with Crippen molar-refractivity contribution in [3.8, 4) is 5.69 Å². The third-order valence-corrected chi connectivity index (χ3v) is 12.2. The minimum absolute atomic E-state index is 0.0308. The lowest BCUT2D eigenvalue weighted by Crippen LogP contribution is -2.64. The molecule has 2 nitrogen and oxygen atoms in total. The summed E-state index contributed by atoms with van der Waals surface area (Å²) in [5.41, 5.74) is 14.7. The molecule has 0 bridgehead atoms. The Balaban J connectivity index is 1.42. The molecule has 0 N–H and O–H groups in total. The SMILES string of the molecule is CC(C)(C)c1cc2c3c(c1)-n1c4cc5ccccc5cc4c4cccc(c41)B3c1cccc3c1N2C1(C)CCCCC31C. The van der Waals surface area contributed by atoms with Crippen molar-refractivity contribution in [2.24, 2.45) is 0 Å². The van der Waals surface area contributed by atoms with E-state index in [0.29, 0.717) is 0 Å². The molecule has 3 heteroatoms. The predicted molar refractivity (Wildman–Crippen MR) is 184 cm³/mol. The van der Waals surface area contributed by atoms with Crippen LogP contribution < -0.4 is 21.3 Å². The van der Waals surface area contributed by atoms with Crippen molar-refractivity contribution in [3.05, 3.63) is 96.1 Å². The van der Waals surface area contributed by atoms with E-state index in [-0.39, 0.29) is 23.1 Å². The van der Waals surface area contributed by atoms with E-state index in [1.54, 1.807) is 5.56 Å². The van der Waals surface area contributed by atoms with Gasteiger partial charge in [0.25, 0.3) is 6.71 Å². The second-order valence-corrected chi connectivity index (χ2v) is 15.3. The van der Waals surface area contributed by atoms with Gasteiger partial charge in [-0.25, -0.2) is 0 Å². The lowest BCUT2D eigenvalue weighted by Gasteiger charge is -2.52. The minimum Gasteiger partial charge on any atom is -0.335 e. The average molecular weight is 557 g/mol. The maximum Gasteiger partial charge on any atom is 0.252 e. The zero-order valence-corrected chi connectivity index (χ0v) is 25.9.